The lowest BCUT2D eigenvalue weighted by Gasteiger charge is -2.13. The molecule has 2 aromatic carbocycles. The van der Waals surface area contributed by atoms with Crippen molar-refractivity contribution in [1.82, 2.24) is 0 Å². The summed E-state index contributed by atoms with van der Waals surface area (Å²) in [4.78, 5) is 0. The van der Waals surface area contributed by atoms with Crippen molar-refractivity contribution in [1.29, 1.82) is 0 Å². The van der Waals surface area contributed by atoms with Gasteiger partial charge in [0.05, 0.1) is 9.52 Å². The van der Waals surface area contributed by atoms with Gasteiger partial charge in [0.2, 0.25) is 0 Å². The van der Waals surface area contributed by atoms with E-state index in [4.69, 9.17) is 0 Å². The molecule has 16 heavy (non-hydrogen) atoms. The first-order valence-electron chi connectivity index (χ1n) is 5.64. The topological polar surface area (TPSA) is 0 Å². The van der Waals surface area contributed by atoms with Crippen LogP contribution in [-0.4, -0.2) is 9.52 Å². The molecule has 0 saturated heterocycles. The first kappa shape index (κ1) is 11.2. The third-order valence-electron chi connectivity index (χ3n) is 2.81. The fourth-order valence-corrected chi connectivity index (χ4v) is 3.30. The molecule has 0 aliphatic rings. The Morgan fingerprint density at radius 2 is 1.50 bits per heavy atom. The van der Waals surface area contributed by atoms with Crippen LogP contribution in [0.25, 0.3) is 0 Å². The van der Waals surface area contributed by atoms with E-state index in [0.29, 0.717) is 5.54 Å². The van der Waals surface area contributed by atoms with E-state index in [2.05, 4.69) is 68.4 Å². The third-order valence-corrected chi connectivity index (χ3v) is 4.22. The Morgan fingerprint density at radius 1 is 0.875 bits per heavy atom. The molecule has 2 rings (SSSR count). The van der Waals surface area contributed by atoms with Gasteiger partial charge < -0.3 is 0 Å². The van der Waals surface area contributed by atoms with Crippen molar-refractivity contribution in [3.8, 4) is 0 Å². The minimum atomic E-state index is 0.614. The van der Waals surface area contributed by atoms with Gasteiger partial charge >= 0.3 is 0 Å². The van der Waals surface area contributed by atoms with Gasteiger partial charge in [-0.1, -0.05) is 66.7 Å². The number of rotatable bonds is 3. The minimum absolute atomic E-state index is 0.614. The maximum absolute atomic E-state index is 2.31. The molecule has 1 heteroatoms. The monoisotopic (exact) mass is 224 g/mol. The Kier molecular flexibility index (Phi) is 3.57. The molecule has 1 unspecified atom stereocenters. The van der Waals surface area contributed by atoms with E-state index >= 15 is 0 Å². The molecule has 0 fully saturated rings. The molecule has 1 atom stereocenters. The van der Waals surface area contributed by atoms with Crippen molar-refractivity contribution in [2.45, 2.75) is 19.4 Å². The van der Waals surface area contributed by atoms with Crippen LogP contribution in [0.5, 0.6) is 0 Å². The van der Waals surface area contributed by atoms with Gasteiger partial charge in [0.25, 0.3) is 0 Å². The zero-order chi connectivity index (χ0) is 11.4. The van der Waals surface area contributed by atoms with E-state index in [-0.39, 0.29) is 0 Å². The van der Waals surface area contributed by atoms with Crippen molar-refractivity contribution in [3.63, 3.8) is 0 Å². The second kappa shape index (κ2) is 5.13. The van der Waals surface area contributed by atoms with Gasteiger partial charge in [0, 0.05) is 0 Å². The van der Waals surface area contributed by atoms with Gasteiger partial charge in [0.15, 0.2) is 0 Å². The molecule has 0 N–H and O–H groups in total. The highest BCUT2D eigenvalue weighted by atomic mass is 28.2. The van der Waals surface area contributed by atoms with Crippen LogP contribution in [0.1, 0.15) is 23.6 Å². The lowest BCUT2D eigenvalue weighted by Crippen LogP contribution is -2.20. The summed E-state index contributed by atoms with van der Waals surface area (Å²) in [6.45, 7) is 4.51. The summed E-state index contributed by atoms with van der Waals surface area (Å²) in [7, 11) is 0.852. The first-order valence-corrected chi connectivity index (χ1v) is 6.72. The highest BCUT2D eigenvalue weighted by Gasteiger charge is 2.09. The normalized spacial score (nSPS) is 12.4. The van der Waals surface area contributed by atoms with Crippen LogP contribution in [0, 0.1) is 6.92 Å². The predicted octanol–water partition coefficient (Wildman–Crippen LogP) is 3.09. The average Bonchev–Trinajstić information content (AvgIpc) is 2.31. The highest BCUT2D eigenvalue weighted by molar-refractivity contribution is 6.54. The Balaban J connectivity index is 2.15. The summed E-state index contributed by atoms with van der Waals surface area (Å²) in [6.07, 6.45) is 0. The van der Waals surface area contributed by atoms with Gasteiger partial charge in [-0.2, -0.15) is 0 Å². The van der Waals surface area contributed by atoms with E-state index in [9.17, 15) is 0 Å². The first-order chi connectivity index (χ1) is 7.77. The zero-order valence-electron chi connectivity index (χ0n) is 9.77. The predicted molar refractivity (Wildman–Crippen MR) is 71.4 cm³/mol. The molecule has 80 valence electrons. The minimum Gasteiger partial charge on any atom is -0.0636 e. The molecule has 0 aliphatic heterocycles. The lowest BCUT2D eigenvalue weighted by molar-refractivity contribution is 1.05. The Morgan fingerprint density at radius 3 is 2.19 bits per heavy atom. The number of hydrogen-bond donors (Lipinski definition) is 0. The van der Waals surface area contributed by atoms with Crippen LogP contribution in [0.4, 0.5) is 0 Å². The molecule has 0 nitrogen and oxygen atoms in total. The summed E-state index contributed by atoms with van der Waals surface area (Å²) in [5, 5.41) is 1.44. The van der Waals surface area contributed by atoms with E-state index in [1.165, 1.54) is 16.3 Å². The van der Waals surface area contributed by atoms with Gasteiger partial charge in [-0.25, -0.2) is 0 Å². The number of benzene rings is 2. The fourth-order valence-electron chi connectivity index (χ4n) is 1.93. The fraction of sp³-hybridized carbons (Fsp3) is 0.200. The van der Waals surface area contributed by atoms with Crippen molar-refractivity contribution in [3.05, 3.63) is 65.7 Å². The molecule has 0 spiro atoms. The quantitative estimate of drug-likeness (QED) is 0.703. The van der Waals surface area contributed by atoms with Crippen LogP contribution in [0.2, 0.25) is 0 Å². The molecule has 0 saturated carbocycles. The molecule has 0 heterocycles. The van der Waals surface area contributed by atoms with Crippen LogP contribution in [0.15, 0.2) is 54.6 Å². The van der Waals surface area contributed by atoms with Crippen molar-refractivity contribution in [2.24, 2.45) is 0 Å². The third kappa shape index (κ3) is 2.61. The Labute approximate surface area is 100 Å². The molecule has 0 amide bonds. The highest BCUT2D eigenvalue weighted by Crippen LogP contribution is 2.17. The van der Waals surface area contributed by atoms with E-state index in [0.717, 1.165) is 9.52 Å². The Bertz CT molecular complexity index is 448. The van der Waals surface area contributed by atoms with Gasteiger partial charge in [-0.05, 0) is 23.6 Å². The Hall–Kier alpha value is -1.34. The molecule has 0 aromatic heterocycles. The van der Waals surface area contributed by atoms with Crippen molar-refractivity contribution in [2.75, 3.05) is 0 Å². The van der Waals surface area contributed by atoms with Gasteiger partial charge in [0.1, 0.15) is 0 Å². The van der Waals surface area contributed by atoms with Crippen LogP contribution in [-0.2, 0) is 0 Å². The van der Waals surface area contributed by atoms with Crippen LogP contribution >= 0.6 is 0 Å². The van der Waals surface area contributed by atoms with Crippen molar-refractivity contribution < 1.29 is 0 Å². The smallest absolute Gasteiger partial charge is 0.0636 e. The standard InChI is InChI=1S/C15H16Si/c1-12-8-6-7-11-15(12)13(2)16-14-9-4-3-5-10-14/h3-11,13H,1-2H3. The number of aryl methyl sites for hydroxylation is 1. The summed E-state index contributed by atoms with van der Waals surface area (Å²) >= 11 is 0. The van der Waals surface area contributed by atoms with E-state index in [1.54, 1.807) is 0 Å². The molecule has 2 aromatic rings. The summed E-state index contributed by atoms with van der Waals surface area (Å²) in [5.74, 6) is 0. The van der Waals surface area contributed by atoms with Crippen molar-refractivity contribution >= 4 is 14.7 Å². The summed E-state index contributed by atoms with van der Waals surface area (Å²) in [5.41, 5.74) is 3.49. The SMILES string of the molecule is Cc1ccccc1C(C)[Si]c1ccccc1. The molecular weight excluding hydrogens is 208 g/mol. The summed E-state index contributed by atoms with van der Waals surface area (Å²) in [6, 6.07) is 19.4. The largest absolute Gasteiger partial charge is 0.0887 e. The summed E-state index contributed by atoms with van der Waals surface area (Å²) < 4.78 is 0. The molecule has 0 bridgehead atoms. The lowest BCUT2D eigenvalue weighted by atomic mass is 10.1. The average molecular weight is 224 g/mol. The van der Waals surface area contributed by atoms with E-state index < -0.39 is 0 Å². The number of hydrogen-bond acceptors (Lipinski definition) is 0. The van der Waals surface area contributed by atoms with Crippen LogP contribution < -0.4 is 5.19 Å². The molecular formula is C15H16Si. The maximum atomic E-state index is 2.31. The second-order valence-corrected chi connectivity index (χ2v) is 5.82. The molecule has 2 radical (unpaired) electrons. The zero-order valence-corrected chi connectivity index (χ0v) is 10.8. The van der Waals surface area contributed by atoms with E-state index in [1.807, 2.05) is 0 Å². The van der Waals surface area contributed by atoms with Gasteiger partial charge in [-0.3, -0.25) is 0 Å². The van der Waals surface area contributed by atoms with Gasteiger partial charge in [-0.15, -0.1) is 0 Å². The molecule has 0 aliphatic carbocycles. The maximum Gasteiger partial charge on any atom is 0.0887 e. The van der Waals surface area contributed by atoms with Crippen LogP contribution in [0.3, 0.4) is 0 Å². The second-order valence-electron chi connectivity index (χ2n) is 4.09.